The molecule has 0 bridgehead atoms. The van der Waals surface area contributed by atoms with Crippen LogP contribution in [-0.2, 0) is 4.74 Å². The van der Waals surface area contributed by atoms with Crippen molar-refractivity contribution in [3.63, 3.8) is 0 Å². The van der Waals surface area contributed by atoms with Crippen LogP contribution in [0.5, 0.6) is 0 Å². The molecule has 2 N–H and O–H groups in total. The molecule has 110 valence electrons. The van der Waals surface area contributed by atoms with Gasteiger partial charge in [0.2, 0.25) is 0 Å². The zero-order chi connectivity index (χ0) is 15.6. The lowest BCUT2D eigenvalue weighted by Crippen LogP contribution is -2.10. The highest BCUT2D eigenvalue weighted by molar-refractivity contribution is 6.30. The van der Waals surface area contributed by atoms with Crippen molar-refractivity contribution < 1.29 is 14.5 Å². The first kappa shape index (κ1) is 14.8. The standard InChI is InChI=1S/C12H11ClN4O4/c1-2-21-12(18)8-6-15-16(11(8)14)10-5-7(13)3-4-9(10)17(19)20/h3-6H,2,14H2,1H3. The number of carbonyl (C=O) groups is 1. The highest BCUT2D eigenvalue weighted by atomic mass is 35.5. The van der Waals surface area contributed by atoms with Gasteiger partial charge in [0.1, 0.15) is 17.1 Å². The van der Waals surface area contributed by atoms with Gasteiger partial charge in [0.25, 0.3) is 5.69 Å². The van der Waals surface area contributed by atoms with Crippen LogP contribution in [0.3, 0.4) is 0 Å². The summed E-state index contributed by atoms with van der Waals surface area (Å²) in [6.07, 6.45) is 1.19. The molecule has 2 aromatic rings. The Bertz CT molecular complexity index is 713. The number of hydrogen-bond acceptors (Lipinski definition) is 6. The maximum absolute atomic E-state index is 11.7. The van der Waals surface area contributed by atoms with Gasteiger partial charge in [0, 0.05) is 11.1 Å². The molecule has 21 heavy (non-hydrogen) atoms. The van der Waals surface area contributed by atoms with E-state index < -0.39 is 10.9 Å². The van der Waals surface area contributed by atoms with Crippen molar-refractivity contribution in [1.29, 1.82) is 0 Å². The third-order valence-corrected chi connectivity index (χ3v) is 2.90. The van der Waals surface area contributed by atoms with Crippen LogP contribution in [-0.4, -0.2) is 27.3 Å². The Hall–Kier alpha value is -2.61. The second kappa shape index (κ2) is 5.80. The predicted octanol–water partition coefficient (Wildman–Crippen LogP) is 2.19. The van der Waals surface area contributed by atoms with E-state index in [2.05, 4.69) is 5.10 Å². The smallest absolute Gasteiger partial charge is 0.343 e. The number of nitrogen functional groups attached to an aromatic ring is 1. The lowest BCUT2D eigenvalue weighted by atomic mass is 10.2. The lowest BCUT2D eigenvalue weighted by Gasteiger charge is -2.06. The third kappa shape index (κ3) is 2.79. The van der Waals surface area contributed by atoms with Gasteiger partial charge in [0.15, 0.2) is 0 Å². The van der Waals surface area contributed by atoms with Crippen LogP contribution < -0.4 is 5.73 Å². The maximum Gasteiger partial charge on any atom is 0.343 e. The first-order valence-corrected chi connectivity index (χ1v) is 6.28. The molecule has 0 unspecified atom stereocenters. The van der Waals surface area contributed by atoms with Crippen LogP contribution >= 0.6 is 11.6 Å². The molecule has 0 saturated heterocycles. The molecular weight excluding hydrogens is 300 g/mol. The van der Waals surface area contributed by atoms with Gasteiger partial charge in [-0.1, -0.05) is 11.6 Å². The molecular formula is C12H11ClN4O4. The fraction of sp³-hybridized carbons (Fsp3) is 0.167. The Balaban J connectivity index is 2.56. The molecule has 0 aliphatic heterocycles. The van der Waals surface area contributed by atoms with Crippen LogP contribution in [0.4, 0.5) is 11.5 Å². The molecule has 1 aromatic heterocycles. The third-order valence-electron chi connectivity index (χ3n) is 2.66. The van der Waals surface area contributed by atoms with Gasteiger partial charge in [-0.05, 0) is 19.1 Å². The number of halogens is 1. The number of aromatic nitrogens is 2. The zero-order valence-corrected chi connectivity index (χ0v) is 11.7. The molecule has 1 heterocycles. The number of nitrogens with two attached hydrogens (primary N) is 1. The summed E-state index contributed by atoms with van der Waals surface area (Å²) in [4.78, 5) is 22.1. The van der Waals surface area contributed by atoms with Crippen molar-refractivity contribution in [2.45, 2.75) is 6.92 Å². The molecule has 2 rings (SSSR count). The summed E-state index contributed by atoms with van der Waals surface area (Å²) in [6, 6.07) is 3.97. The Labute approximate surface area is 124 Å². The van der Waals surface area contributed by atoms with E-state index in [-0.39, 0.29) is 34.4 Å². The minimum Gasteiger partial charge on any atom is -0.462 e. The summed E-state index contributed by atoms with van der Waals surface area (Å²) in [5, 5.41) is 15.2. The van der Waals surface area contributed by atoms with E-state index in [1.165, 1.54) is 24.4 Å². The van der Waals surface area contributed by atoms with E-state index in [1.54, 1.807) is 6.92 Å². The fourth-order valence-corrected chi connectivity index (χ4v) is 1.90. The quantitative estimate of drug-likeness (QED) is 0.526. The van der Waals surface area contributed by atoms with Crippen molar-refractivity contribution in [1.82, 2.24) is 9.78 Å². The van der Waals surface area contributed by atoms with Gasteiger partial charge in [-0.25, -0.2) is 9.48 Å². The molecule has 0 aliphatic carbocycles. The van der Waals surface area contributed by atoms with Gasteiger partial charge in [-0.3, -0.25) is 10.1 Å². The summed E-state index contributed by atoms with van der Waals surface area (Å²) in [6.45, 7) is 1.83. The number of esters is 1. The van der Waals surface area contributed by atoms with E-state index in [4.69, 9.17) is 22.1 Å². The van der Waals surface area contributed by atoms with Crippen LogP contribution in [0.15, 0.2) is 24.4 Å². The first-order chi connectivity index (χ1) is 9.95. The van der Waals surface area contributed by atoms with Gasteiger partial charge in [-0.2, -0.15) is 5.10 Å². The largest absolute Gasteiger partial charge is 0.462 e. The summed E-state index contributed by atoms with van der Waals surface area (Å²) in [5.41, 5.74) is 5.69. The molecule has 1 aromatic carbocycles. The van der Waals surface area contributed by atoms with Crippen LogP contribution in [0.25, 0.3) is 5.69 Å². The molecule has 9 heteroatoms. The van der Waals surface area contributed by atoms with Gasteiger partial charge < -0.3 is 10.5 Å². The lowest BCUT2D eigenvalue weighted by molar-refractivity contribution is -0.384. The number of rotatable bonds is 4. The highest BCUT2D eigenvalue weighted by Crippen LogP contribution is 2.28. The number of nitro groups is 1. The molecule has 0 saturated carbocycles. The number of ether oxygens (including phenoxy) is 1. The summed E-state index contributed by atoms with van der Waals surface area (Å²) in [5.74, 6) is -0.704. The minimum atomic E-state index is -0.647. The number of nitro benzene ring substituents is 1. The van der Waals surface area contributed by atoms with E-state index in [0.717, 1.165) is 4.68 Å². The summed E-state index contributed by atoms with van der Waals surface area (Å²) in [7, 11) is 0. The van der Waals surface area contributed by atoms with E-state index >= 15 is 0 Å². The van der Waals surface area contributed by atoms with Crippen LogP contribution in [0.1, 0.15) is 17.3 Å². The first-order valence-electron chi connectivity index (χ1n) is 5.90. The van der Waals surface area contributed by atoms with Crippen LogP contribution in [0, 0.1) is 10.1 Å². The molecule has 0 radical (unpaired) electrons. The number of benzene rings is 1. The minimum absolute atomic E-state index is 0.0334. The Morgan fingerprint density at radius 2 is 2.29 bits per heavy atom. The SMILES string of the molecule is CCOC(=O)c1cnn(-c2cc(Cl)ccc2[N+](=O)[O-])c1N. The normalized spacial score (nSPS) is 10.4. The molecule has 0 spiro atoms. The number of carbonyl (C=O) groups excluding carboxylic acids is 1. The zero-order valence-electron chi connectivity index (χ0n) is 10.9. The average Bonchev–Trinajstić information content (AvgIpc) is 2.80. The Morgan fingerprint density at radius 3 is 2.90 bits per heavy atom. The molecule has 0 amide bonds. The number of anilines is 1. The van der Waals surface area contributed by atoms with Crippen molar-refractivity contribution in [3.8, 4) is 5.69 Å². The van der Waals surface area contributed by atoms with Crippen molar-refractivity contribution >= 4 is 29.1 Å². The molecule has 8 nitrogen and oxygen atoms in total. The Kier molecular flexibility index (Phi) is 4.08. The summed E-state index contributed by atoms with van der Waals surface area (Å²) >= 11 is 5.85. The van der Waals surface area contributed by atoms with Gasteiger partial charge in [-0.15, -0.1) is 0 Å². The fourth-order valence-electron chi connectivity index (χ4n) is 1.74. The average molecular weight is 311 g/mol. The maximum atomic E-state index is 11.7. The monoisotopic (exact) mass is 310 g/mol. The highest BCUT2D eigenvalue weighted by Gasteiger charge is 2.22. The van der Waals surface area contributed by atoms with E-state index in [9.17, 15) is 14.9 Å². The second-order valence-electron chi connectivity index (χ2n) is 3.97. The van der Waals surface area contributed by atoms with Crippen molar-refractivity contribution in [3.05, 3.63) is 45.1 Å². The number of nitrogens with zero attached hydrogens (tertiary/aromatic N) is 3. The molecule has 0 aliphatic rings. The van der Waals surface area contributed by atoms with Crippen LogP contribution in [0.2, 0.25) is 5.02 Å². The Morgan fingerprint density at radius 1 is 1.57 bits per heavy atom. The van der Waals surface area contributed by atoms with Crippen molar-refractivity contribution in [2.24, 2.45) is 0 Å². The molecule has 0 atom stereocenters. The van der Waals surface area contributed by atoms with Crippen molar-refractivity contribution in [2.75, 3.05) is 12.3 Å². The summed E-state index contributed by atoms with van der Waals surface area (Å²) < 4.78 is 5.91. The predicted molar refractivity (Wildman–Crippen MR) is 75.6 cm³/mol. The number of hydrogen-bond donors (Lipinski definition) is 1. The van der Waals surface area contributed by atoms with Gasteiger partial charge in [0.05, 0.1) is 17.7 Å². The van der Waals surface area contributed by atoms with E-state index in [0.29, 0.717) is 0 Å². The second-order valence-corrected chi connectivity index (χ2v) is 4.40. The topological polar surface area (TPSA) is 113 Å². The van der Waals surface area contributed by atoms with Gasteiger partial charge >= 0.3 is 5.97 Å². The molecule has 0 fully saturated rings. The van der Waals surface area contributed by atoms with E-state index in [1.807, 2.05) is 0 Å².